The van der Waals surface area contributed by atoms with E-state index in [9.17, 15) is 10.1 Å². The fourth-order valence-electron chi connectivity index (χ4n) is 1.85. The minimum absolute atomic E-state index is 0.181. The number of hydrogen-bond donors (Lipinski definition) is 1. The van der Waals surface area contributed by atoms with Crippen molar-refractivity contribution in [2.75, 3.05) is 5.43 Å². The monoisotopic (exact) mass is 294 g/mol. The van der Waals surface area contributed by atoms with Crippen molar-refractivity contribution in [2.45, 2.75) is 13.8 Å². The lowest BCUT2D eigenvalue weighted by Crippen LogP contribution is -2.02. The number of hydrazone groups is 1. The SMILES string of the molecule is C/C(=N\Nc1ccc(C#N)cc1[N+](=O)[O-])c1ccc(C)cc1. The summed E-state index contributed by atoms with van der Waals surface area (Å²) in [7, 11) is 0. The Labute approximate surface area is 127 Å². The van der Waals surface area contributed by atoms with Gasteiger partial charge in [0.1, 0.15) is 5.69 Å². The van der Waals surface area contributed by atoms with Gasteiger partial charge in [0, 0.05) is 6.07 Å². The molecule has 0 atom stereocenters. The van der Waals surface area contributed by atoms with E-state index in [4.69, 9.17) is 5.26 Å². The maximum Gasteiger partial charge on any atom is 0.295 e. The van der Waals surface area contributed by atoms with Crippen LogP contribution in [-0.2, 0) is 0 Å². The molecular weight excluding hydrogens is 280 g/mol. The molecule has 22 heavy (non-hydrogen) atoms. The highest BCUT2D eigenvalue weighted by molar-refractivity contribution is 5.99. The first-order valence-electron chi connectivity index (χ1n) is 6.57. The number of anilines is 1. The van der Waals surface area contributed by atoms with Crippen LogP contribution >= 0.6 is 0 Å². The molecule has 6 heteroatoms. The zero-order chi connectivity index (χ0) is 16.1. The average molecular weight is 294 g/mol. The lowest BCUT2D eigenvalue weighted by Gasteiger charge is -2.05. The summed E-state index contributed by atoms with van der Waals surface area (Å²) in [5, 5.41) is 24.0. The van der Waals surface area contributed by atoms with Gasteiger partial charge in [0.25, 0.3) is 5.69 Å². The number of nitriles is 1. The molecule has 2 aromatic carbocycles. The normalized spacial score (nSPS) is 10.9. The number of benzene rings is 2. The van der Waals surface area contributed by atoms with Gasteiger partial charge in [-0.3, -0.25) is 15.5 Å². The van der Waals surface area contributed by atoms with Gasteiger partial charge in [-0.05, 0) is 31.5 Å². The molecule has 0 radical (unpaired) electrons. The van der Waals surface area contributed by atoms with E-state index in [1.54, 1.807) is 0 Å². The van der Waals surface area contributed by atoms with Crippen molar-refractivity contribution < 1.29 is 4.92 Å². The van der Waals surface area contributed by atoms with Crippen LogP contribution in [0.1, 0.15) is 23.6 Å². The number of nitro benzene ring substituents is 1. The van der Waals surface area contributed by atoms with Gasteiger partial charge in [-0.1, -0.05) is 29.8 Å². The molecule has 0 bridgehead atoms. The highest BCUT2D eigenvalue weighted by Gasteiger charge is 2.14. The summed E-state index contributed by atoms with van der Waals surface area (Å²) >= 11 is 0. The molecule has 0 saturated heterocycles. The Kier molecular flexibility index (Phi) is 4.49. The van der Waals surface area contributed by atoms with Gasteiger partial charge in [0.05, 0.1) is 22.3 Å². The molecule has 1 N–H and O–H groups in total. The van der Waals surface area contributed by atoms with Crippen molar-refractivity contribution in [2.24, 2.45) is 5.10 Å². The number of rotatable bonds is 4. The highest BCUT2D eigenvalue weighted by Crippen LogP contribution is 2.25. The van der Waals surface area contributed by atoms with Crippen molar-refractivity contribution in [3.8, 4) is 6.07 Å². The Bertz CT molecular complexity index is 774. The third kappa shape index (κ3) is 3.46. The lowest BCUT2D eigenvalue weighted by atomic mass is 10.1. The van der Waals surface area contributed by atoms with Crippen molar-refractivity contribution in [1.82, 2.24) is 0 Å². The Balaban J connectivity index is 2.27. The molecule has 0 spiro atoms. The van der Waals surface area contributed by atoms with Crippen LogP contribution in [0.4, 0.5) is 11.4 Å². The first-order chi connectivity index (χ1) is 10.5. The van der Waals surface area contributed by atoms with Crippen LogP contribution in [0.5, 0.6) is 0 Å². The smallest absolute Gasteiger partial charge is 0.271 e. The predicted molar refractivity (Wildman–Crippen MR) is 84.8 cm³/mol. The molecule has 0 aliphatic carbocycles. The van der Waals surface area contributed by atoms with Crippen LogP contribution < -0.4 is 5.43 Å². The van der Waals surface area contributed by atoms with Crippen LogP contribution in [0.2, 0.25) is 0 Å². The quantitative estimate of drug-likeness (QED) is 0.529. The average Bonchev–Trinajstić information content (AvgIpc) is 2.53. The molecule has 0 saturated carbocycles. The lowest BCUT2D eigenvalue weighted by molar-refractivity contribution is -0.384. The summed E-state index contributed by atoms with van der Waals surface area (Å²) in [5.74, 6) is 0. The van der Waals surface area contributed by atoms with E-state index < -0.39 is 4.92 Å². The predicted octanol–water partition coefficient (Wildman–Crippen LogP) is 3.61. The highest BCUT2D eigenvalue weighted by atomic mass is 16.6. The molecular formula is C16H14N4O2. The first kappa shape index (κ1) is 15.2. The van der Waals surface area contributed by atoms with Gasteiger partial charge in [0.15, 0.2) is 0 Å². The van der Waals surface area contributed by atoms with Crippen LogP contribution in [0, 0.1) is 28.4 Å². The van der Waals surface area contributed by atoms with Gasteiger partial charge in [-0.15, -0.1) is 0 Å². The third-order valence-corrected chi connectivity index (χ3v) is 3.14. The second kappa shape index (κ2) is 6.50. The molecule has 0 aliphatic rings. The summed E-state index contributed by atoms with van der Waals surface area (Å²) in [6.45, 7) is 3.81. The molecule has 0 aliphatic heterocycles. The van der Waals surface area contributed by atoms with Gasteiger partial charge in [0.2, 0.25) is 0 Å². The topological polar surface area (TPSA) is 91.3 Å². The Hall–Kier alpha value is -3.20. The molecule has 2 rings (SSSR count). The van der Waals surface area contributed by atoms with Crippen molar-refractivity contribution in [3.05, 3.63) is 69.3 Å². The van der Waals surface area contributed by atoms with Crippen molar-refractivity contribution in [1.29, 1.82) is 5.26 Å². The van der Waals surface area contributed by atoms with Gasteiger partial charge < -0.3 is 0 Å². The fourth-order valence-corrected chi connectivity index (χ4v) is 1.85. The van der Waals surface area contributed by atoms with E-state index >= 15 is 0 Å². The number of nitrogens with one attached hydrogen (secondary N) is 1. The number of hydrogen-bond acceptors (Lipinski definition) is 5. The zero-order valence-corrected chi connectivity index (χ0v) is 12.2. The molecule has 0 unspecified atom stereocenters. The minimum atomic E-state index is -0.542. The number of nitro groups is 1. The Morgan fingerprint density at radius 3 is 2.55 bits per heavy atom. The van der Waals surface area contributed by atoms with Crippen molar-refractivity contribution >= 4 is 17.1 Å². The van der Waals surface area contributed by atoms with E-state index in [2.05, 4.69) is 10.5 Å². The molecule has 110 valence electrons. The Morgan fingerprint density at radius 1 is 1.27 bits per heavy atom. The zero-order valence-electron chi connectivity index (χ0n) is 12.2. The summed E-state index contributed by atoms with van der Waals surface area (Å²) in [6.07, 6.45) is 0. The first-order valence-corrected chi connectivity index (χ1v) is 6.57. The van der Waals surface area contributed by atoms with Gasteiger partial charge in [-0.25, -0.2) is 0 Å². The summed E-state index contributed by atoms with van der Waals surface area (Å²) in [5.41, 5.74) is 5.77. The van der Waals surface area contributed by atoms with Gasteiger partial charge in [-0.2, -0.15) is 10.4 Å². The second-order valence-corrected chi connectivity index (χ2v) is 4.78. The van der Waals surface area contributed by atoms with Crippen LogP contribution in [0.15, 0.2) is 47.6 Å². The fraction of sp³-hybridized carbons (Fsp3) is 0.125. The maximum absolute atomic E-state index is 11.0. The second-order valence-electron chi connectivity index (χ2n) is 4.78. The molecule has 2 aromatic rings. The van der Waals surface area contributed by atoms with E-state index in [0.717, 1.165) is 11.1 Å². The van der Waals surface area contributed by atoms with Crippen LogP contribution in [0.3, 0.4) is 0 Å². The van der Waals surface area contributed by atoms with E-state index in [1.807, 2.05) is 44.2 Å². The van der Waals surface area contributed by atoms with Gasteiger partial charge >= 0.3 is 0 Å². The number of nitrogens with zero attached hydrogens (tertiary/aromatic N) is 3. The molecule has 0 fully saturated rings. The standard InChI is InChI=1S/C16H14N4O2/c1-11-3-6-14(7-4-11)12(2)18-19-15-8-5-13(10-17)9-16(15)20(21)22/h3-9,19H,1-2H3/b18-12+. The van der Waals surface area contributed by atoms with E-state index in [1.165, 1.54) is 18.2 Å². The van der Waals surface area contributed by atoms with Crippen molar-refractivity contribution in [3.63, 3.8) is 0 Å². The molecule has 0 aromatic heterocycles. The van der Waals surface area contributed by atoms with Crippen LogP contribution in [-0.4, -0.2) is 10.6 Å². The number of aryl methyl sites for hydroxylation is 1. The molecule has 6 nitrogen and oxygen atoms in total. The third-order valence-electron chi connectivity index (χ3n) is 3.14. The van der Waals surface area contributed by atoms with E-state index in [0.29, 0.717) is 5.71 Å². The molecule has 0 amide bonds. The van der Waals surface area contributed by atoms with E-state index in [-0.39, 0.29) is 16.9 Å². The Morgan fingerprint density at radius 2 is 1.95 bits per heavy atom. The largest absolute Gasteiger partial charge is 0.295 e. The summed E-state index contributed by atoms with van der Waals surface area (Å²) < 4.78 is 0. The minimum Gasteiger partial charge on any atom is -0.271 e. The summed E-state index contributed by atoms with van der Waals surface area (Å²) in [4.78, 5) is 10.5. The van der Waals surface area contributed by atoms with Crippen LogP contribution in [0.25, 0.3) is 0 Å². The maximum atomic E-state index is 11.0. The molecule has 0 heterocycles. The summed E-state index contributed by atoms with van der Waals surface area (Å²) in [6, 6.07) is 13.9.